The Balaban J connectivity index is 1.19. The number of thiophene rings is 1. The van der Waals surface area contributed by atoms with E-state index in [0.717, 1.165) is 83.0 Å². The summed E-state index contributed by atoms with van der Waals surface area (Å²) in [4.78, 5) is 7.18. The van der Waals surface area contributed by atoms with Crippen LogP contribution in [0.5, 0.6) is 0 Å². The fourth-order valence-corrected chi connectivity index (χ4v) is 10.8. The molecule has 0 bridgehead atoms. The van der Waals surface area contributed by atoms with Gasteiger partial charge in [0.05, 0.1) is 11.4 Å². The van der Waals surface area contributed by atoms with Crippen molar-refractivity contribution in [3.05, 3.63) is 214 Å². The highest BCUT2D eigenvalue weighted by Gasteiger charge is 2.29. The van der Waals surface area contributed by atoms with Crippen LogP contribution in [0.2, 0.25) is 0 Å². The Morgan fingerprint density at radius 2 is 1.45 bits per heavy atom. The van der Waals surface area contributed by atoms with Gasteiger partial charge in [0, 0.05) is 31.8 Å². The quantitative estimate of drug-likeness (QED) is 0.119. The van der Waals surface area contributed by atoms with Crippen LogP contribution in [-0.4, -0.2) is 5.71 Å². The number of rotatable bonds is 11. The third-order valence-corrected chi connectivity index (χ3v) is 13.9. The van der Waals surface area contributed by atoms with Crippen molar-refractivity contribution in [2.45, 2.75) is 59.3 Å². The lowest BCUT2D eigenvalue weighted by Crippen LogP contribution is -2.14. The molecule has 2 nitrogen and oxygen atoms in total. The molecule has 10 rings (SSSR count). The van der Waals surface area contributed by atoms with Crippen LogP contribution in [0.4, 0.5) is 0 Å². The number of benzene rings is 6. The average molecular weight is 822 g/mol. The van der Waals surface area contributed by atoms with E-state index in [1.54, 1.807) is 0 Å². The number of fused-ring (bicyclic) bond motifs is 6. The largest absolute Gasteiger partial charge is 0.456 e. The lowest BCUT2D eigenvalue weighted by atomic mass is 9.76. The Kier molecular flexibility index (Phi) is 11.1. The van der Waals surface area contributed by atoms with Crippen LogP contribution in [0.3, 0.4) is 0 Å². The number of furan rings is 1. The summed E-state index contributed by atoms with van der Waals surface area (Å²) in [6.45, 7) is 6.82. The van der Waals surface area contributed by atoms with Crippen LogP contribution in [0.25, 0.3) is 66.1 Å². The van der Waals surface area contributed by atoms with Gasteiger partial charge in [-0.2, -0.15) is 0 Å². The maximum atomic E-state index is 6.83. The van der Waals surface area contributed by atoms with Crippen molar-refractivity contribution in [1.82, 2.24) is 0 Å². The van der Waals surface area contributed by atoms with Crippen molar-refractivity contribution in [2.75, 3.05) is 0 Å². The van der Waals surface area contributed by atoms with Crippen LogP contribution in [0.1, 0.15) is 85.6 Å². The van der Waals surface area contributed by atoms with Crippen LogP contribution >= 0.6 is 11.3 Å². The van der Waals surface area contributed by atoms with Crippen molar-refractivity contribution < 1.29 is 4.42 Å². The minimum Gasteiger partial charge on any atom is -0.456 e. The third-order valence-electron chi connectivity index (χ3n) is 12.7. The molecule has 2 aliphatic carbocycles. The highest BCUT2D eigenvalue weighted by atomic mass is 32.1. The molecule has 0 saturated heterocycles. The summed E-state index contributed by atoms with van der Waals surface area (Å²) in [5.74, 6) is 0.248. The van der Waals surface area contributed by atoms with E-state index in [1.165, 1.54) is 65.1 Å². The molecule has 1 unspecified atom stereocenters. The Hall–Kier alpha value is -6.55. The molecule has 2 aliphatic rings. The molecule has 0 fully saturated rings. The molecule has 0 spiro atoms. The smallest absolute Gasteiger partial charge is 0.136 e. The summed E-state index contributed by atoms with van der Waals surface area (Å²) in [6, 6.07) is 52.5. The van der Waals surface area contributed by atoms with Crippen molar-refractivity contribution >= 4 is 72.0 Å². The molecule has 8 aromatic rings. The van der Waals surface area contributed by atoms with Gasteiger partial charge in [0.1, 0.15) is 11.2 Å². The van der Waals surface area contributed by atoms with Crippen molar-refractivity contribution in [3.8, 4) is 11.1 Å². The van der Waals surface area contributed by atoms with E-state index in [9.17, 15) is 0 Å². The van der Waals surface area contributed by atoms with Gasteiger partial charge < -0.3 is 4.42 Å². The van der Waals surface area contributed by atoms with Crippen LogP contribution in [0.15, 0.2) is 190 Å². The summed E-state index contributed by atoms with van der Waals surface area (Å²) in [7, 11) is 0. The first kappa shape index (κ1) is 39.6. The van der Waals surface area contributed by atoms with E-state index in [1.807, 2.05) is 11.3 Å². The molecular formula is C59H51NOS. The van der Waals surface area contributed by atoms with Crippen LogP contribution < -0.4 is 0 Å². The summed E-state index contributed by atoms with van der Waals surface area (Å²) in [6.07, 6.45) is 18.0. The third kappa shape index (κ3) is 7.56. The lowest BCUT2D eigenvalue weighted by Gasteiger charge is -2.28. The maximum Gasteiger partial charge on any atom is 0.136 e. The Morgan fingerprint density at radius 1 is 0.726 bits per heavy atom. The summed E-state index contributed by atoms with van der Waals surface area (Å²) >= 11 is 1.95. The summed E-state index contributed by atoms with van der Waals surface area (Å²) in [5.41, 5.74) is 17.5. The minimum atomic E-state index is 0.248. The van der Waals surface area contributed by atoms with E-state index >= 15 is 0 Å². The second kappa shape index (κ2) is 17.4. The van der Waals surface area contributed by atoms with Gasteiger partial charge in [-0.1, -0.05) is 166 Å². The molecule has 0 amide bonds. The number of nitrogens with zero attached hydrogens (tertiary/aromatic N) is 1. The Labute approximate surface area is 369 Å². The van der Waals surface area contributed by atoms with Gasteiger partial charge in [-0.15, -0.1) is 11.3 Å². The van der Waals surface area contributed by atoms with Gasteiger partial charge in [0.2, 0.25) is 0 Å². The topological polar surface area (TPSA) is 25.5 Å². The summed E-state index contributed by atoms with van der Waals surface area (Å²) < 4.78 is 8.19. The SMILES string of the molecule is CCC/C=C(/N=C(\C(CC)=C(/C)c1cc(C2=Cc3c(sc4ccccc34)CC2C2=CCCC=C2)cc2oc3ccccc3c12)c1ccccc1)c1ccc(-c2ccccc2)cc1. The normalized spacial score (nSPS) is 16.1. The standard InChI is InChI=1S/C59H51NOS/c1-4-6-28-53(43-33-31-41(32-34-43)40-20-10-7-11-21-40)60-59(44-24-14-9-15-25-44)46(5-2)39(3)49-35-45(36-55-58(49)48-27-16-18-29-54(48)61-55)50-37-52-47-26-17-19-30-56(47)62-57(52)38-51(50)42-22-12-8-13-23-42/h7,9-12,14-37,51H,4-6,8,13,38H2,1-3H3/b46-39+,53-28+,60-59-. The van der Waals surface area contributed by atoms with Crippen molar-refractivity contribution in [2.24, 2.45) is 10.9 Å². The van der Waals surface area contributed by atoms with E-state index in [0.29, 0.717) is 0 Å². The van der Waals surface area contributed by atoms with Gasteiger partial charge in [-0.25, -0.2) is 4.99 Å². The van der Waals surface area contributed by atoms with Crippen molar-refractivity contribution in [1.29, 1.82) is 0 Å². The predicted octanol–water partition coefficient (Wildman–Crippen LogP) is 17.0. The second-order valence-corrected chi connectivity index (χ2v) is 17.7. The maximum absolute atomic E-state index is 6.83. The molecule has 0 saturated carbocycles. The predicted molar refractivity (Wildman–Crippen MR) is 268 cm³/mol. The molecule has 1 atom stereocenters. The Bertz CT molecular complexity index is 3130. The molecule has 2 heterocycles. The first-order chi connectivity index (χ1) is 30.6. The van der Waals surface area contributed by atoms with Gasteiger partial charge in [0.15, 0.2) is 0 Å². The number of para-hydroxylation sites is 1. The molecule has 2 aromatic heterocycles. The number of hydrogen-bond acceptors (Lipinski definition) is 3. The van der Waals surface area contributed by atoms with E-state index in [-0.39, 0.29) is 5.92 Å². The number of unbranched alkanes of at least 4 members (excludes halogenated alkanes) is 1. The minimum absolute atomic E-state index is 0.248. The van der Waals surface area contributed by atoms with Crippen molar-refractivity contribution in [3.63, 3.8) is 0 Å². The first-order valence-electron chi connectivity index (χ1n) is 22.3. The molecule has 3 heteroatoms. The van der Waals surface area contributed by atoms with Crippen LogP contribution in [0, 0.1) is 5.92 Å². The molecule has 0 N–H and O–H groups in total. The van der Waals surface area contributed by atoms with E-state index in [4.69, 9.17) is 9.41 Å². The molecule has 62 heavy (non-hydrogen) atoms. The summed E-state index contributed by atoms with van der Waals surface area (Å²) in [5, 5.41) is 3.64. The number of hydrogen-bond donors (Lipinski definition) is 0. The first-order valence-corrected chi connectivity index (χ1v) is 23.1. The van der Waals surface area contributed by atoms with E-state index in [2.05, 4.69) is 197 Å². The fraction of sp³-hybridized carbons (Fsp3) is 0.169. The van der Waals surface area contributed by atoms with Gasteiger partial charge >= 0.3 is 0 Å². The van der Waals surface area contributed by atoms with Gasteiger partial charge in [-0.3, -0.25) is 0 Å². The Morgan fingerprint density at radius 3 is 2.21 bits per heavy atom. The second-order valence-electron chi connectivity index (χ2n) is 16.6. The molecule has 0 radical (unpaired) electrons. The van der Waals surface area contributed by atoms with Gasteiger partial charge in [-0.05, 0) is 130 Å². The zero-order valence-corrected chi connectivity index (χ0v) is 36.6. The van der Waals surface area contributed by atoms with Gasteiger partial charge in [0.25, 0.3) is 0 Å². The fourth-order valence-electron chi connectivity index (χ4n) is 9.54. The zero-order chi connectivity index (χ0) is 42.0. The monoisotopic (exact) mass is 821 g/mol. The average Bonchev–Trinajstić information content (AvgIpc) is 3.90. The molecular weight excluding hydrogens is 771 g/mol. The number of allylic oxidation sites excluding steroid dienone is 8. The molecule has 0 aliphatic heterocycles. The highest BCUT2D eigenvalue weighted by Crippen LogP contribution is 2.48. The number of aliphatic imine (C=N–C) groups is 1. The zero-order valence-electron chi connectivity index (χ0n) is 35.8. The molecule has 6 aromatic carbocycles. The van der Waals surface area contributed by atoms with Crippen LogP contribution in [-0.2, 0) is 6.42 Å². The van der Waals surface area contributed by atoms with E-state index < -0.39 is 0 Å². The lowest BCUT2D eigenvalue weighted by molar-refractivity contribution is 0.668. The molecule has 304 valence electrons. The highest BCUT2D eigenvalue weighted by molar-refractivity contribution is 7.19.